The number of rotatable bonds is 4. The number of aromatic nitrogens is 1. The number of anilines is 1. The molecule has 0 radical (unpaired) electrons. The van der Waals surface area contributed by atoms with E-state index in [1.807, 2.05) is 13.8 Å². The van der Waals surface area contributed by atoms with E-state index in [0.717, 1.165) is 16.8 Å². The van der Waals surface area contributed by atoms with E-state index in [4.69, 9.17) is 14.1 Å². The summed E-state index contributed by atoms with van der Waals surface area (Å²) in [5.41, 5.74) is 3.24. The molecule has 0 atom stereocenters. The first-order valence-electron chi connectivity index (χ1n) is 11.6. The van der Waals surface area contributed by atoms with E-state index in [-0.39, 0.29) is 18.1 Å². The fraction of sp³-hybridized carbons (Fsp3) is 0.520. The highest BCUT2D eigenvalue weighted by atomic mass is 16.5. The summed E-state index contributed by atoms with van der Waals surface area (Å²) in [5.74, 6) is 0.219. The van der Waals surface area contributed by atoms with Crippen molar-refractivity contribution in [1.29, 1.82) is 5.26 Å². The number of amides is 2. The summed E-state index contributed by atoms with van der Waals surface area (Å²) in [4.78, 5) is 33.4. The van der Waals surface area contributed by atoms with Crippen LogP contribution < -0.4 is 10.2 Å². The van der Waals surface area contributed by atoms with Crippen molar-refractivity contribution in [1.82, 2.24) is 15.2 Å². The van der Waals surface area contributed by atoms with Crippen molar-refractivity contribution in [2.24, 2.45) is 0 Å². The van der Waals surface area contributed by atoms with Crippen LogP contribution in [-0.2, 0) is 33.9 Å². The predicted molar refractivity (Wildman–Crippen MR) is 125 cm³/mol. The topological polar surface area (TPSA) is 112 Å². The van der Waals surface area contributed by atoms with Crippen LogP contribution in [0, 0.1) is 11.3 Å². The molecule has 2 aliphatic heterocycles. The third-order valence-corrected chi connectivity index (χ3v) is 6.36. The van der Waals surface area contributed by atoms with Gasteiger partial charge in [0.05, 0.1) is 36.3 Å². The average Bonchev–Trinajstić information content (AvgIpc) is 3.34. The third-order valence-electron chi connectivity index (χ3n) is 6.36. The highest BCUT2D eigenvalue weighted by Gasteiger charge is 2.34. The number of furan rings is 1. The van der Waals surface area contributed by atoms with Crippen molar-refractivity contribution in [3.05, 3.63) is 46.5 Å². The Bertz CT molecular complexity index is 1110. The monoisotopic (exact) mass is 465 g/mol. The quantitative estimate of drug-likeness (QED) is 0.691. The van der Waals surface area contributed by atoms with E-state index in [0.29, 0.717) is 56.3 Å². The van der Waals surface area contributed by atoms with Crippen molar-refractivity contribution in [2.45, 2.75) is 58.8 Å². The molecule has 2 aliphatic rings. The van der Waals surface area contributed by atoms with Crippen LogP contribution in [0.3, 0.4) is 0 Å². The number of ether oxygens (including phenoxy) is 1. The molecular formula is C25H31N5O4. The first kappa shape index (κ1) is 23.8. The van der Waals surface area contributed by atoms with E-state index < -0.39 is 11.8 Å². The van der Waals surface area contributed by atoms with Gasteiger partial charge >= 0.3 is 11.8 Å². The Kier molecular flexibility index (Phi) is 6.62. The van der Waals surface area contributed by atoms with Crippen LogP contribution in [-0.4, -0.2) is 53.5 Å². The number of hydrogen-bond acceptors (Lipinski definition) is 7. The molecule has 0 aromatic carbocycles. The second kappa shape index (κ2) is 9.47. The Labute approximate surface area is 199 Å². The number of pyridine rings is 1. The molecule has 0 spiro atoms. The molecule has 0 unspecified atom stereocenters. The molecule has 4 heterocycles. The Hall–Kier alpha value is -3.38. The first-order chi connectivity index (χ1) is 16.2. The maximum Gasteiger partial charge on any atom is 0.312 e. The Morgan fingerprint density at radius 1 is 1.24 bits per heavy atom. The number of fused-ring (bicyclic) bond motifs is 1. The summed E-state index contributed by atoms with van der Waals surface area (Å²) < 4.78 is 11.2. The summed E-state index contributed by atoms with van der Waals surface area (Å²) in [7, 11) is 0. The highest BCUT2D eigenvalue weighted by Crippen LogP contribution is 2.37. The zero-order valence-electron chi connectivity index (χ0n) is 20.2. The predicted octanol–water partition coefficient (Wildman–Crippen LogP) is 2.49. The minimum absolute atomic E-state index is 0.167. The number of nitrogens with zero attached hydrogens (tertiary/aromatic N) is 4. The molecule has 1 saturated heterocycles. The number of carbonyl (C=O) groups is 2. The molecule has 1 fully saturated rings. The number of nitrogens with one attached hydrogen (secondary N) is 1. The Morgan fingerprint density at radius 3 is 2.59 bits per heavy atom. The van der Waals surface area contributed by atoms with Gasteiger partial charge < -0.3 is 24.3 Å². The van der Waals surface area contributed by atoms with Crippen LogP contribution in [0.4, 0.5) is 5.82 Å². The van der Waals surface area contributed by atoms with Crippen LogP contribution in [0.25, 0.3) is 0 Å². The van der Waals surface area contributed by atoms with Crippen molar-refractivity contribution >= 4 is 17.6 Å². The molecular weight excluding hydrogens is 434 g/mol. The van der Waals surface area contributed by atoms with Crippen molar-refractivity contribution in [3.8, 4) is 6.07 Å². The standard InChI is InChI=1S/C25H31N5O4/c1-16(2)21-20-15-34-25(3,4)12-18(20)19(13-26)22(28-21)29-7-9-30(10-8-29)24(32)23(31)27-14-17-6-5-11-33-17/h5-6,11,16H,7-10,12,14-15H2,1-4H3,(H,27,31). The molecule has 0 bridgehead atoms. The van der Waals surface area contributed by atoms with E-state index >= 15 is 0 Å². The van der Waals surface area contributed by atoms with Gasteiger partial charge in [0.1, 0.15) is 17.6 Å². The van der Waals surface area contributed by atoms with Crippen LogP contribution in [0.2, 0.25) is 0 Å². The minimum Gasteiger partial charge on any atom is -0.467 e. The second-order valence-electron chi connectivity index (χ2n) is 9.69. The van der Waals surface area contributed by atoms with Gasteiger partial charge in [0.25, 0.3) is 0 Å². The van der Waals surface area contributed by atoms with Crippen LogP contribution in [0.15, 0.2) is 22.8 Å². The van der Waals surface area contributed by atoms with Gasteiger partial charge in [0, 0.05) is 38.2 Å². The second-order valence-corrected chi connectivity index (χ2v) is 9.69. The van der Waals surface area contributed by atoms with Gasteiger partial charge in [-0.1, -0.05) is 13.8 Å². The molecule has 2 aromatic heterocycles. The molecule has 180 valence electrons. The van der Waals surface area contributed by atoms with Gasteiger partial charge in [-0.2, -0.15) is 5.26 Å². The lowest BCUT2D eigenvalue weighted by molar-refractivity contribution is -0.146. The van der Waals surface area contributed by atoms with Crippen molar-refractivity contribution in [2.75, 3.05) is 31.1 Å². The van der Waals surface area contributed by atoms with Gasteiger partial charge in [-0.15, -0.1) is 0 Å². The molecule has 4 rings (SSSR count). The summed E-state index contributed by atoms with van der Waals surface area (Å²) >= 11 is 0. The van der Waals surface area contributed by atoms with Crippen LogP contribution in [0.5, 0.6) is 0 Å². The summed E-state index contributed by atoms with van der Waals surface area (Å²) in [6, 6.07) is 5.86. The fourth-order valence-corrected chi connectivity index (χ4v) is 4.52. The maximum atomic E-state index is 12.6. The SMILES string of the molecule is CC(C)c1nc(N2CCN(C(=O)C(=O)NCc3ccco3)CC2)c(C#N)c2c1COC(C)(C)C2. The lowest BCUT2D eigenvalue weighted by Crippen LogP contribution is -2.53. The largest absolute Gasteiger partial charge is 0.467 e. The molecule has 0 saturated carbocycles. The molecule has 9 nitrogen and oxygen atoms in total. The first-order valence-corrected chi connectivity index (χ1v) is 11.6. The average molecular weight is 466 g/mol. The van der Waals surface area contributed by atoms with Crippen molar-refractivity contribution < 1.29 is 18.7 Å². The summed E-state index contributed by atoms with van der Waals surface area (Å²) in [6.45, 7) is 10.6. The number of piperazine rings is 1. The Balaban J connectivity index is 1.49. The zero-order valence-corrected chi connectivity index (χ0v) is 20.2. The number of hydrogen-bond donors (Lipinski definition) is 1. The normalized spacial score (nSPS) is 17.3. The molecule has 1 N–H and O–H groups in total. The molecule has 34 heavy (non-hydrogen) atoms. The van der Waals surface area contributed by atoms with Gasteiger partial charge in [-0.25, -0.2) is 4.98 Å². The van der Waals surface area contributed by atoms with Gasteiger partial charge in [0.2, 0.25) is 0 Å². The maximum absolute atomic E-state index is 12.6. The number of nitriles is 1. The molecule has 2 aromatic rings. The van der Waals surface area contributed by atoms with Gasteiger partial charge in [0.15, 0.2) is 0 Å². The Morgan fingerprint density at radius 2 is 1.97 bits per heavy atom. The van der Waals surface area contributed by atoms with Gasteiger partial charge in [-0.05, 0) is 37.5 Å². The fourth-order valence-electron chi connectivity index (χ4n) is 4.52. The highest BCUT2D eigenvalue weighted by molar-refractivity contribution is 6.35. The van der Waals surface area contributed by atoms with Gasteiger partial charge in [-0.3, -0.25) is 9.59 Å². The van der Waals surface area contributed by atoms with E-state index in [2.05, 4.69) is 30.1 Å². The summed E-state index contributed by atoms with van der Waals surface area (Å²) in [5, 5.41) is 12.7. The van der Waals surface area contributed by atoms with Crippen LogP contribution in [0.1, 0.15) is 61.8 Å². The smallest absolute Gasteiger partial charge is 0.312 e. The zero-order chi connectivity index (χ0) is 24.5. The molecule has 0 aliphatic carbocycles. The van der Waals surface area contributed by atoms with Crippen LogP contribution >= 0.6 is 0 Å². The van der Waals surface area contributed by atoms with E-state index in [1.54, 1.807) is 17.0 Å². The molecule has 2 amide bonds. The number of carbonyl (C=O) groups excluding carboxylic acids is 2. The minimum atomic E-state index is -0.654. The van der Waals surface area contributed by atoms with Crippen molar-refractivity contribution in [3.63, 3.8) is 0 Å². The summed E-state index contributed by atoms with van der Waals surface area (Å²) in [6.07, 6.45) is 2.17. The third kappa shape index (κ3) is 4.77. The lowest BCUT2D eigenvalue weighted by Gasteiger charge is -2.38. The van der Waals surface area contributed by atoms with E-state index in [1.165, 1.54) is 6.26 Å². The molecule has 9 heteroatoms. The van der Waals surface area contributed by atoms with E-state index in [9.17, 15) is 14.9 Å². The lowest BCUT2D eigenvalue weighted by atomic mass is 9.86.